The Labute approximate surface area is 110 Å². The van der Waals surface area contributed by atoms with Gasteiger partial charge in [0.15, 0.2) is 5.12 Å². The number of ether oxygens (including phenoxy) is 1. The summed E-state index contributed by atoms with van der Waals surface area (Å²) < 4.78 is 4.97. The summed E-state index contributed by atoms with van der Waals surface area (Å²) in [5, 5.41) is 19.7. The summed E-state index contributed by atoms with van der Waals surface area (Å²) in [6, 6.07) is 3.28. The second-order valence-corrected chi connectivity index (χ2v) is 5.04. The van der Waals surface area contributed by atoms with Crippen molar-refractivity contribution in [3.63, 3.8) is 0 Å². The standard InChI is InChI=1S/C12H17NO4S/c1-7-9(4-5-11(13-7)17-3)12(16)10(15)6-18-8(2)14/h4-5,10,12,15-16H,6H2,1-3H3. The number of carbonyl (C=O) groups excluding carboxylic acids is 1. The van der Waals surface area contributed by atoms with Crippen molar-refractivity contribution in [3.05, 3.63) is 23.4 Å². The lowest BCUT2D eigenvalue weighted by Crippen LogP contribution is -2.22. The summed E-state index contributed by atoms with van der Waals surface area (Å²) in [7, 11) is 1.51. The number of methoxy groups -OCH3 is 1. The summed E-state index contributed by atoms with van der Waals surface area (Å²) in [6.45, 7) is 3.15. The van der Waals surface area contributed by atoms with Crippen molar-refractivity contribution in [1.29, 1.82) is 0 Å². The minimum absolute atomic E-state index is 0.0918. The van der Waals surface area contributed by atoms with Gasteiger partial charge in [-0.1, -0.05) is 11.8 Å². The average Bonchev–Trinajstić information content (AvgIpc) is 2.34. The number of hydrogen-bond acceptors (Lipinski definition) is 6. The highest BCUT2D eigenvalue weighted by Gasteiger charge is 2.21. The van der Waals surface area contributed by atoms with Crippen LogP contribution in [0.3, 0.4) is 0 Å². The first kappa shape index (κ1) is 14.9. The Balaban J connectivity index is 2.76. The predicted octanol–water partition coefficient (Wildman–Crippen LogP) is 1.07. The molecule has 2 N–H and O–H groups in total. The molecule has 0 aliphatic carbocycles. The molecule has 1 aromatic heterocycles. The van der Waals surface area contributed by atoms with Gasteiger partial charge >= 0.3 is 0 Å². The lowest BCUT2D eigenvalue weighted by atomic mass is 10.0. The maximum atomic E-state index is 10.8. The van der Waals surface area contributed by atoms with Crippen LogP contribution >= 0.6 is 11.8 Å². The zero-order chi connectivity index (χ0) is 13.7. The van der Waals surface area contributed by atoms with Crippen LogP contribution in [-0.2, 0) is 4.79 Å². The maximum absolute atomic E-state index is 10.8. The molecule has 0 aliphatic rings. The van der Waals surface area contributed by atoms with E-state index < -0.39 is 12.2 Å². The third-order valence-electron chi connectivity index (χ3n) is 2.45. The molecule has 0 aliphatic heterocycles. The molecule has 0 amide bonds. The first-order valence-electron chi connectivity index (χ1n) is 5.46. The number of rotatable bonds is 5. The number of thioether (sulfide) groups is 1. The Bertz CT molecular complexity index is 425. The highest BCUT2D eigenvalue weighted by atomic mass is 32.2. The third-order valence-corrected chi connectivity index (χ3v) is 3.37. The lowest BCUT2D eigenvalue weighted by Gasteiger charge is -2.19. The maximum Gasteiger partial charge on any atom is 0.213 e. The topological polar surface area (TPSA) is 79.6 Å². The quantitative estimate of drug-likeness (QED) is 0.834. The number of aryl methyl sites for hydroxylation is 1. The fraction of sp³-hybridized carbons (Fsp3) is 0.500. The highest BCUT2D eigenvalue weighted by Crippen LogP contribution is 2.23. The van der Waals surface area contributed by atoms with E-state index in [1.807, 2.05) is 0 Å². The minimum Gasteiger partial charge on any atom is -0.481 e. The largest absolute Gasteiger partial charge is 0.481 e. The molecule has 0 aromatic carbocycles. The third kappa shape index (κ3) is 3.97. The molecule has 2 unspecified atom stereocenters. The second kappa shape index (κ2) is 6.72. The molecule has 2 atom stereocenters. The van der Waals surface area contributed by atoms with Crippen molar-refractivity contribution in [2.75, 3.05) is 12.9 Å². The van der Waals surface area contributed by atoms with E-state index in [0.29, 0.717) is 17.1 Å². The average molecular weight is 271 g/mol. The van der Waals surface area contributed by atoms with E-state index >= 15 is 0 Å². The Morgan fingerprint density at radius 1 is 1.50 bits per heavy atom. The summed E-state index contributed by atoms with van der Waals surface area (Å²) in [5.41, 5.74) is 1.13. The van der Waals surface area contributed by atoms with Gasteiger partial charge in [0.05, 0.1) is 13.2 Å². The fourth-order valence-electron chi connectivity index (χ4n) is 1.48. The van der Waals surface area contributed by atoms with E-state index in [-0.39, 0.29) is 10.9 Å². The van der Waals surface area contributed by atoms with Gasteiger partial charge in [-0.25, -0.2) is 4.98 Å². The van der Waals surface area contributed by atoms with Crippen LogP contribution in [0.1, 0.15) is 24.3 Å². The van der Waals surface area contributed by atoms with Gasteiger partial charge in [0.1, 0.15) is 6.10 Å². The van der Waals surface area contributed by atoms with Gasteiger partial charge in [0, 0.05) is 30.0 Å². The van der Waals surface area contributed by atoms with Crippen LogP contribution in [0, 0.1) is 6.92 Å². The van der Waals surface area contributed by atoms with Gasteiger partial charge in [-0.3, -0.25) is 4.79 Å². The van der Waals surface area contributed by atoms with Crippen molar-refractivity contribution in [2.24, 2.45) is 0 Å². The predicted molar refractivity (Wildman–Crippen MR) is 69.6 cm³/mol. The zero-order valence-electron chi connectivity index (χ0n) is 10.6. The Morgan fingerprint density at radius 2 is 2.17 bits per heavy atom. The van der Waals surface area contributed by atoms with Crippen LogP contribution in [0.5, 0.6) is 5.88 Å². The number of carbonyl (C=O) groups is 1. The molecule has 0 spiro atoms. The summed E-state index contributed by atoms with van der Waals surface area (Å²) in [5.74, 6) is 0.609. The van der Waals surface area contributed by atoms with Crippen LogP contribution in [0.25, 0.3) is 0 Å². The molecule has 18 heavy (non-hydrogen) atoms. The normalized spacial score (nSPS) is 14.1. The van der Waals surface area contributed by atoms with Gasteiger partial charge in [0.25, 0.3) is 0 Å². The molecule has 1 rings (SSSR count). The van der Waals surface area contributed by atoms with Crippen LogP contribution < -0.4 is 4.74 Å². The fourth-order valence-corrected chi connectivity index (χ4v) is 2.06. The monoisotopic (exact) mass is 271 g/mol. The van der Waals surface area contributed by atoms with Crippen molar-refractivity contribution in [3.8, 4) is 5.88 Å². The summed E-state index contributed by atoms with van der Waals surface area (Å²) in [6.07, 6.45) is -2.07. The number of nitrogens with zero attached hydrogens (tertiary/aromatic N) is 1. The van der Waals surface area contributed by atoms with Crippen LogP contribution in [-0.4, -0.2) is 39.3 Å². The van der Waals surface area contributed by atoms with Crippen LogP contribution in [0.4, 0.5) is 0 Å². The van der Waals surface area contributed by atoms with Gasteiger partial charge < -0.3 is 14.9 Å². The number of aliphatic hydroxyl groups excluding tert-OH is 2. The van der Waals surface area contributed by atoms with Crippen LogP contribution in [0.2, 0.25) is 0 Å². The smallest absolute Gasteiger partial charge is 0.213 e. The zero-order valence-corrected chi connectivity index (χ0v) is 11.4. The van der Waals surface area contributed by atoms with Crippen molar-refractivity contribution in [1.82, 2.24) is 4.98 Å². The molecule has 0 saturated carbocycles. The van der Waals surface area contributed by atoms with E-state index in [9.17, 15) is 15.0 Å². The van der Waals surface area contributed by atoms with Crippen molar-refractivity contribution in [2.45, 2.75) is 26.1 Å². The van der Waals surface area contributed by atoms with E-state index in [4.69, 9.17) is 4.74 Å². The molecule has 1 heterocycles. The molecule has 0 fully saturated rings. The summed E-state index contributed by atoms with van der Waals surface area (Å²) >= 11 is 0.982. The number of aromatic nitrogens is 1. The van der Waals surface area contributed by atoms with Gasteiger partial charge in [-0.2, -0.15) is 0 Å². The molecule has 0 bridgehead atoms. The lowest BCUT2D eigenvalue weighted by molar-refractivity contribution is -0.109. The van der Waals surface area contributed by atoms with E-state index in [1.54, 1.807) is 19.1 Å². The molecular weight excluding hydrogens is 254 g/mol. The molecule has 0 saturated heterocycles. The number of aliphatic hydroxyl groups is 2. The minimum atomic E-state index is -1.06. The van der Waals surface area contributed by atoms with Crippen LogP contribution in [0.15, 0.2) is 12.1 Å². The van der Waals surface area contributed by atoms with E-state index in [1.165, 1.54) is 14.0 Å². The van der Waals surface area contributed by atoms with Gasteiger partial charge in [0.2, 0.25) is 5.88 Å². The van der Waals surface area contributed by atoms with Crippen molar-refractivity contribution >= 4 is 16.9 Å². The molecule has 6 heteroatoms. The molecule has 5 nitrogen and oxygen atoms in total. The van der Waals surface area contributed by atoms with E-state index in [0.717, 1.165) is 11.8 Å². The SMILES string of the molecule is COc1ccc(C(O)C(O)CSC(C)=O)c(C)n1. The van der Waals surface area contributed by atoms with Gasteiger partial charge in [-0.05, 0) is 13.0 Å². The Morgan fingerprint density at radius 3 is 2.67 bits per heavy atom. The Hall–Kier alpha value is -1.11. The molecular formula is C12H17NO4S. The van der Waals surface area contributed by atoms with Gasteiger partial charge in [-0.15, -0.1) is 0 Å². The first-order valence-corrected chi connectivity index (χ1v) is 6.45. The number of pyridine rings is 1. The second-order valence-electron chi connectivity index (χ2n) is 3.84. The Kier molecular flexibility index (Phi) is 5.58. The summed E-state index contributed by atoms with van der Waals surface area (Å²) in [4.78, 5) is 14.9. The molecule has 0 radical (unpaired) electrons. The first-order chi connectivity index (χ1) is 8.45. The van der Waals surface area contributed by atoms with E-state index in [2.05, 4.69) is 4.98 Å². The number of hydrogen-bond donors (Lipinski definition) is 2. The molecule has 1 aromatic rings. The highest BCUT2D eigenvalue weighted by molar-refractivity contribution is 8.13. The molecule has 100 valence electrons. The van der Waals surface area contributed by atoms with Crippen molar-refractivity contribution < 1.29 is 19.7 Å².